The van der Waals surface area contributed by atoms with Gasteiger partial charge in [-0.3, -0.25) is 9.05 Å². The van der Waals surface area contributed by atoms with E-state index in [1.807, 2.05) is 37.3 Å². The first-order chi connectivity index (χ1) is 8.59. The van der Waals surface area contributed by atoms with E-state index in [2.05, 4.69) is 5.09 Å². The van der Waals surface area contributed by atoms with Crippen LogP contribution in [0.2, 0.25) is 0 Å². The molecule has 102 valence electrons. The lowest BCUT2D eigenvalue weighted by atomic mass is 10.1. The Hall–Kier alpha value is -0.670. The van der Waals surface area contributed by atoms with Gasteiger partial charge in [0.2, 0.25) is 0 Å². The van der Waals surface area contributed by atoms with Gasteiger partial charge in [0.15, 0.2) is 0 Å². The maximum Gasteiger partial charge on any atom is 0.405 e. The molecule has 18 heavy (non-hydrogen) atoms. The Morgan fingerprint density at radius 3 is 2.22 bits per heavy atom. The van der Waals surface area contributed by atoms with E-state index in [-0.39, 0.29) is 6.04 Å². The normalized spacial score (nSPS) is 13.5. The molecule has 0 fully saturated rings. The standard InChI is InChI=1S/C13H22NO3P/c1-4-16-18(15,17-5-2)14-12(3)11-13-9-7-6-8-10-13/h6-10,12H,4-5,11H2,1-3H3,(H,14,15). The highest BCUT2D eigenvalue weighted by Crippen LogP contribution is 2.44. The zero-order chi connectivity index (χ0) is 13.4. The maximum atomic E-state index is 12.3. The van der Waals surface area contributed by atoms with E-state index in [1.54, 1.807) is 13.8 Å². The summed E-state index contributed by atoms with van der Waals surface area (Å²) in [5.74, 6) is 0. The van der Waals surface area contributed by atoms with Crippen LogP contribution in [0.25, 0.3) is 0 Å². The second-order valence-electron chi connectivity index (χ2n) is 4.05. The number of rotatable bonds is 8. The Labute approximate surface area is 109 Å². The van der Waals surface area contributed by atoms with Gasteiger partial charge in [-0.15, -0.1) is 0 Å². The van der Waals surface area contributed by atoms with Gasteiger partial charge in [-0.05, 0) is 32.8 Å². The Balaban J connectivity index is 2.56. The summed E-state index contributed by atoms with van der Waals surface area (Å²) in [6.45, 7) is 6.30. The lowest BCUT2D eigenvalue weighted by Gasteiger charge is -2.22. The van der Waals surface area contributed by atoms with Crippen molar-refractivity contribution in [3.63, 3.8) is 0 Å². The van der Waals surface area contributed by atoms with E-state index < -0.39 is 7.75 Å². The van der Waals surface area contributed by atoms with Crippen LogP contribution in [0.1, 0.15) is 26.3 Å². The molecule has 0 spiro atoms. The van der Waals surface area contributed by atoms with E-state index in [1.165, 1.54) is 5.56 Å². The van der Waals surface area contributed by atoms with E-state index in [9.17, 15) is 4.57 Å². The molecule has 0 amide bonds. The van der Waals surface area contributed by atoms with Crippen LogP contribution in [0.5, 0.6) is 0 Å². The fourth-order valence-electron chi connectivity index (χ4n) is 1.73. The molecule has 0 aliphatic carbocycles. The van der Waals surface area contributed by atoms with Crippen LogP contribution >= 0.6 is 7.75 Å². The quantitative estimate of drug-likeness (QED) is 0.736. The topological polar surface area (TPSA) is 47.6 Å². The molecule has 4 nitrogen and oxygen atoms in total. The molecule has 0 saturated carbocycles. The van der Waals surface area contributed by atoms with Gasteiger partial charge in [-0.2, -0.15) is 0 Å². The number of hydrogen-bond acceptors (Lipinski definition) is 3. The third kappa shape index (κ3) is 5.32. The van der Waals surface area contributed by atoms with E-state index >= 15 is 0 Å². The molecule has 0 bridgehead atoms. The third-order valence-electron chi connectivity index (χ3n) is 2.36. The monoisotopic (exact) mass is 271 g/mol. The summed E-state index contributed by atoms with van der Waals surface area (Å²) in [6, 6.07) is 10.1. The van der Waals surface area contributed by atoms with E-state index in [4.69, 9.17) is 9.05 Å². The Morgan fingerprint density at radius 1 is 1.17 bits per heavy atom. The molecule has 5 heteroatoms. The van der Waals surface area contributed by atoms with Gasteiger partial charge in [0.05, 0.1) is 13.2 Å². The third-order valence-corrected chi connectivity index (χ3v) is 4.31. The van der Waals surface area contributed by atoms with Crippen molar-refractivity contribution in [2.24, 2.45) is 0 Å². The zero-order valence-electron chi connectivity index (χ0n) is 11.3. The molecule has 1 atom stereocenters. The number of benzene rings is 1. The van der Waals surface area contributed by atoms with Crippen LogP contribution in [0.15, 0.2) is 30.3 Å². The SMILES string of the molecule is CCOP(=O)(NC(C)Cc1ccccc1)OCC. The van der Waals surface area contributed by atoms with Crippen LogP contribution < -0.4 is 5.09 Å². The molecule has 1 N–H and O–H groups in total. The molecule has 0 saturated heterocycles. The zero-order valence-corrected chi connectivity index (χ0v) is 12.2. The van der Waals surface area contributed by atoms with Gasteiger partial charge in [0.1, 0.15) is 0 Å². The second-order valence-corrected chi connectivity index (χ2v) is 5.82. The molecule has 1 aromatic carbocycles. The molecular weight excluding hydrogens is 249 g/mol. The highest BCUT2D eigenvalue weighted by molar-refractivity contribution is 7.51. The van der Waals surface area contributed by atoms with Crippen LogP contribution in [-0.2, 0) is 20.0 Å². The summed E-state index contributed by atoms with van der Waals surface area (Å²) >= 11 is 0. The predicted molar refractivity (Wildman–Crippen MR) is 73.6 cm³/mol. The van der Waals surface area contributed by atoms with Gasteiger partial charge in [0, 0.05) is 6.04 Å². The summed E-state index contributed by atoms with van der Waals surface area (Å²) in [5, 5.41) is 2.95. The molecule has 1 rings (SSSR count). The van der Waals surface area contributed by atoms with Gasteiger partial charge in [-0.1, -0.05) is 30.3 Å². The van der Waals surface area contributed by atoms with Crippen molar-refractivity contribution in [1.29, 1.82) is 0 Å². The molecule has 1 unspecified atom stereocenters. The molecule has 1 aromatic rings. The first kappa shape index (κ1) is 15.4. The number of hydrogen-bond donors (Lipinski definition) is 1. The van der Waals surface area contributed by atoms with E-state index in [0.717, 1.165) is 6.42 Å². The molecule has 0 aromatic heterocycles. The molecule has 0 aliphatic rings. The number of nitrogens with one attached hydrogen (secondary N) is 1. The molecule has 0 heterocycles. The minimum atomic E-state index is -3.16. The van der Waals surface area contributed by atoms with E-state index in [0.29, 0.717) is 13.2 Å². The van der Waals surface area contributed by atoms with Crippen LogP contribution in [0.4, 0.5) is 0 Å². The fourth-order valence-corrected chi connectivity index (χ4v) is 3.27. The first-order valence-electron chi connectivity index (χ1n) is 6.30. The average molecular weight is 271 g/mol. The lowest BCUT2D eigenvalue weighted by molar-refractivity contribution is 0.207. The van der Waals surface area contributed by atoms with Gasteiger partial charge in [0.25, 0.3) is 0 Å². The minimum absolute atomic E-state index is 0.0244. The van der Waals surface area contributed by atoms with Crippen molar-refractivity contribution in [1.82, 2.24) is 5.09 Å². The first-order valence-corrected chi connectivity index (χ1v) is 7.84. The summed E-state index contributed by atoms with van der Waals surface area (Å²) in [6.07, 6.45) is 0.783. The lowest BCUT2D eigenvalue weighted by Crippen LogP contribution is -2.27. The molecular formula is C13H22NO3P. The van der Waals surface area contributed by atoms with Crippen molar-refractivity contribution in [2.75, 3.05) is 13.2 Å². The minimum Gasteiger partial charge on any atom is -0.297 e. The van der Waals surface area contributed by atoms with Crippen LogP contribution in [-0.4, -0.2) is 19.3 Å². The van der Waals surface area contributed by atoms with Gasteiger partial charge >= 0.3 is 7.75 Å². The predicted octanol–water partition coefficient (Wildman–Crippen LogP) is 3.39. The smallest absolute Gasteiger partial charge is 0.297 e. The van der Waals surface area contributed by atoms with Crippen molar-refractivity contribution in [3.05, 3.63) is 35.9 Å². The Morgan fingerprint density at radius 2 is 1.72 bits per heavy atom. The van der Waals surface area contributed by atoms with Crippen molar-refractivity contribution < 1.29 is 13.6 Å². The maximum absolute atomic E-state index is 12.3. The Bertz CT molecular complexity index is 373. The molecule has 0 radical (unpaired) electrons. The van der Waals surface area contributed by atoms with Crippen molar-refractivity contribution in [2.45, 2.75) is 33.2 Å². The van der Waals surface area contributed by atoms with Crippen LogP contribution in [0, 0.1) is 0 Å². The highest BCUT2D eigenvalue weighted by atomic mass is 31.2. The summed E-state index contributed by atoms with van der Waals surface area (Å²) < 4.78 is 22.7. The van der Waals surface area contributed by atoms with Gasteiger partial charge in [-0.25, -0.2) is 9.65 Å². The summed E-state index contributed by atoms with van der Waals surface area (Å²) in [7, 11) is -3.16. The van der Waals surface area contributed by atoms with Crippen LogP contribution in [0.3, 0.4) is 0 Å². The average Bonchev–Trinajstić information content (AvgIpc) is 2.30. The second kappa shape index (κ2) is 7.70. The summed E-state index contributed by atoms with van der Waals surface area (Å²) in [5.41, 5.74) is 1.19. The van der Waals surface area contributed by atoms with Crippen molar-refractivity contribution in [3.8, 4) is 0 Å². The highest BCUT2D eigenvalue weighted by Gasteiger charge is 2.25. The Kier molecular flexibility index (Phi) is 6.58. The largest absolute Gasteiger partial charge is 0.405 e. The van der Waals surface area contributed by atoms with Gasteiger partial charge < -0.3 is 0 Å². The summed E-state index contributed by atoms with van der Waals surface area (Å²) in [4.78, 5) is 0. The molecule has 0 aliphatic heterocycles. The van der Waals surface area contributed by atoms with Crippen molar-refractivity contribution >= 4 is 7.75 Å². The fraction of sp³-hybridized carbons (Fsp3) is 0.538.